The normalized spacial score (nSPS) is 15.5. The van der Waals surface area contributed by atoms with Gasteiger partial charge in [-0.3, -0.25) is 4.79 Å². The van der Waals surface area contributed by atoms with Crippen molar-refractivity contribution in [2.75, 3.05) is 0 Å². The molecule has 1 amide bonds. The Kier molecular flexibility index (Phi) is 2.05. The summed E-state index contributed by atoms with van der Waals surface area (Å²) >= 11 is 0. The number of carbonyl (C=O) groups excluding carboxylic acids is 1. The van der Waals surface area contributed by atoms with Gasteiger partial charge in [0.15, 0.2) is 0 Å². The van der Waals surface area contributed by atoms with Gasteiger partial charge >= 0.3 is 0 Å². The number of hydrogen-bond donors (Lipinski definition) is 0. The first-order valence-corrected chi connectivity index (χ1v) is 4.58. The van der Waals surface area contributed by atoms with Gasteiger partial charge in [0.2, 0.25) is 5.91 Å². The number of hydrogen-bond acceptors (Lipinski definition) is 1. The van der Waals surface area contributed by atoms with Crippen molar-refractivity contribution < 1.29 is 4.79 Å². The molecule has 0 saturated heterocycles. The van der Waals surface area contributed by atoms with Crippen molar-refractivity contribution in [1.82, 2.24) is 5.32 Å². The smallest absolute Gasteiger partial charge is 0.249 e. The average molecular weight is 174 g/mol. The monoisotopic (exact) mass is 174 g/mol. The van der Waals surface area contributed by atoms with Crippen molar-refractivity contribution in [2.24, 2.45) is 5.92 Å². The second-order valence-corrected chi connectivity index (χ2v) is 3.56. The number of aryl methyl sites for hydroxylation is 1. The van der Waals surface area contributed by atoms with Crippen LogP contribution in [-0.4, -0.2) is 5.91 Å². The number of benzene rings is 1. The lowest BCUT2D eigenvalue weighted by atomic mass is 10.2. The van der Waals surface area contributed by atoms with E-state index in [2.05, 4.69) is 5.32 Å². The molecule has 0 aliphatic heterocycles. The van der Waals surface area contributed by atoms with E-state index in [1.807, 2.05) is 31.2 Å². The predicted molar refractivity (Wildman–Crippen MR) is 50.7 cm³/mol. The van der Waals surface area contributed by atoms with Gasteiger partial charge in [-0.25, -0.2) is 5.32 Å². The van der Waals surface area contributed by atoms with Gasteiger partial charge in [0, 0.05) is 5.92 Å². The van der Waals surface area contributed by atoms with Crippen LogP contribution >= 0.6 is 0 Å². The maximum absolute atomic E-state index is 11.3. The summed E-state index contributed by atoms with van der Waals surface area (Å²) in [5.74, 6) is 0.270. The Labute approximate surface area is 78.0 Å². The summed E-state index contributed by atoms with van der Waals surface area (Å²) in [7, 11) is 0. The third-order valence-electron chi connectivity index (χ3n) is 2.17. The molecule has 0 atom stereocenters. The Morgan fingerprint density at radius 2 is 2.23 bits per heavy atom. The SMILES string of the molecule is Cc1cccc([N]C(=O)C2CC2)c1. The molecule has 2 rings (SSSR count). The highest BCUT2D eigenvalue weighted by Crippen LogP contribution is 2.30. The predicted octanol–water partition coefficient (Wildman–Crippen LogP) is 2.17. The number of amides is 1. The molecule has 1 aromatic rings. The van der Waals surface area contributed by atoms with Crippen molar-refractivity contribution in [1.29, 1.82) is 0 Å². The summed E-state index contributed by atoms with van der Waals surface area (Å²) in [6.45, 7) is 2.00. The van der Waals surface area contributed by atoms with Crippen molar-refractivity contribution in [3.63, 3.8) is 0 Å². The van der Waals surface area contributed by atoms with E-state index in [4.69, 9.17) is 0 Å². The third kappa shape index (κ3) is 2.08. The summed E-state index contributed by atoms with van der Waals surface area (Å²) in [6.07, 6.45) is 2.04. The van der Waals surface area contributed by atoms with E-state index in [1.165, 1.54) is 0 Å². The molecule has 0 spiro atoms. The van der Waals surface area contributed by atoms with Crippen LogP contribution in [0.25, 0.3) is 0 Å². The fraction of sp³-hybridized carbons (Fsp3) is 0.364. The van der Waals surface area contributed by atoms with Crippen LogP contribution in [0.5, 0.6) is 0 Å². The standard InChI is InChI=1S/C11H12NO/c1-8-3-2-4-10(7-8)12-11(13)9-5-6-9/h2-4,7,9H,5-6H2,1H3. The van der Waals surface area contributed by atoms with Gasteiger partial charge in [0.1, 0.15) is 0 Å². The first kappa shape index (κ1) is 8.30. The zero-order valence-electron chi connectivity index (χ0n) is 7.66. The molecule has 13 heavy (non-hydrogen) atoms. The van der Waals surface area contributed by atoms with E-state index < -0.39 is 0 Å². The first-order chi connectivity index (χ1) is 6.25. The zero-order chi connectivity index (χ0) is 9.26. The quantitative estimate of drug-likeness (QED) is 0.676. The second kappa shape index (κ2) is 3.21. The molecule has 67 valence electrons. The maximum Gasteiger partial charge on any atom is 0.249 e. The van der Waals surface area contributed by atoms with Crippen molar-refractivity contribution >= 4 is 11.6 Å². The Morgan fingerprint density at radius 1 is 1.46 bits per heavy atom. The summed E-state index contributed by atoms with van der Waals surface area (Å²) in [5.41, 5.74) is 1.93. The number of carbonyl (C=O) groups is 1. The molecule has 0 N–H and O–H groups in total. The molecule has 0 unspecified atom stereocenters. The maximum atomic E-state index is 11.3. The molecule has 0 heterocycles. The van der Waals surface area contributed by atoms with Crippen LogP contribution in [0.2, 0.25) is 0 Å². The molecule has 1 aromatic carbocycles. The topological polar surface area (TPSA) is 31.2 Å². The van der Waals surface area contributed by atoms with Crippen LogP contribution in [-0.2, 0) is 4.79 Å². The van der Waals surface area contributed by atoms with Crippen molar-refractivity contribution in [2.45, 2.75) is 19.8 Å². The summed E-state index contributed by atoms with van der Waals surface area (Å²) < 4.78 is 0. The van der Waals surface area contributed by atoms with Gasteiger partial charge < -0.3 is 0 Å². The van der Waals surface area contributed by atoms with E-state index >= 15 is 0 Å². The summed E-state index contributed by atoms with van der Waals surface area (Å²) in [6, 6.07) is 7.72. The van der Waals surface area contributed by atoms with Crippen LogP contribution in [0.15, 0.2) is 24.3 Å². The minimum atomic E-state index is 0.0469. The molecule has 0 bridgehead atoms. The molecular weight excluding hydrogens is 162 g/mol. The van der Waals surface area contributed by atoms with E-state index in [0.29, 0.717) is 0 Å². The van der Waals surface area contributed by atoms with Gasteiger partial charge in [-0.1, -0.05) is 12.1 Å². The minimum Gasteiger partial charge on any atom is -0.272 e. The lowest BCUT2D eigenvalue weighted by molar-refractivity contribution is -0.121. The Hall–Kier alpha value is -1.31. The van der Waals surface area contributed by atoms with Crippen LogP contribution in [0.3, 0.4) is 0 Å². The molecule has 1 aliphatic carbocycles. The lowest BCUT2D eigenvalue weighted by Gasteiger charge is -2.00. The molecule has 1 radical (unpaired) electrons. The fourth-order valence-corrected chi connectivity index (χ4v) is 1.25. The van der Waals surface area contributed by atoms with Crippen molar-refractivity contribution in [3.05, 3.63) is 29.8 Å². The molecule has 1 saturated carbocycles. The summed E-state index contributed by atoms with van der Waals surface area (Å²) in [4.78, 5) is 11.3. The van der Waals surface area contributed by atoms with E-state index in [0.717, 1.165) is 24.1 Å². The first-order valence-electron chi connectivity index (χ1n) is 4.58. The molecular formula is C11H12NO. The Balaban J connectivity index is 2.04. The second-order valence-electron chi connectivity index (χ2n) is 3.56. The van der Waals surface area contributed by atoms with Crippen LogP contribution in [0.1, 0.15) is 18.4 Å². The minimum absolute atomic E-state index is 0.0469. The Bertz CT molecular complexity index is 329. The molecule has 2 heteroatoms. The lowest BCUT2D eigenvalue weighted by Crippen LogP contribution is -2.11. The summed E-state index contributed by atoms with van der Waals surface area (Å²) in [5, 5.41) is 4.04. The third-order valence-corrected chi connectivity index (χ3v) is 2.17. The highest BCUT2D eigenvalue weighted by atomic mass is 16.2. The van der Waals surface area contributed by atoms with Gasteiger partial charge in [-0.15, -0.1) is 0 Å². The Morgan fingerprint density at radius 3 is 2.85 bits per heavy atom. The van der Waals surface area contributed by atoms with E-state index in [-0.39, 0.29) is 11.8 Å². The van der Waals surface area contributed by atoms with E-state index in [9.17, 15) is 4.79 Å². The molecule has 1 aliphatic rings. The van der Waals surface area contributed by atoms with E-state index in [1.54, 1.807) is 0 Å². The largest absolute Gasteiger partial charge is 0.272 e. The molecule has 0 aromatic heterocycles. The highest BCUT2D eigenvalue weighted by Gasteiger charge is 2.30. The van der Waals surface area contributed by atoms with Gasteiger partial charge in [-0.05, 0) is 37.5 Å². The molecule has 1 fully saturated rings. The van der Waals surface area contributed by atoms with Crippen LogP contribution in [0, 0.1) is 12.8 Å². The highest BCUT2D eigenvalue weighted by molar-refractivity contribution is 5.84. The van der Waals surface area contributed by atoms with Gasteiger partial charge in [0.05, 0.1) is 5.69 Å². The zero-order valence-corrected chi connectivity index (χ0v) is 7.66. The van der Waals surface area contributed by atoms with Crippen LogP contribution in [0.4, 0.5) is 5.69 Å². The van der Waals surface area contributed by atoms with Gasteiger partial charge in [0.25, 0.3) is 0 Å². The van der Waals surface area contributed by atoms with Crippen molar-refractivity contribution in [3.8, 4) is 0 Å². The number of nitrogens with zero attached hydrogens (tertiary/aromatic N) is 1. The van der Waals surface area contributed by atoms with Crippen LogP contribution < -0.4 is 5.32 Å². The van der Waals surface area contributed by atoms with Gasteiger partial charge in [-0.2, -0.15) is 0 Å². The molecule has 2 nitrogen and oxygen atoms in total. The average Bonchev–Trinajstić information content (AvgIpc) is 2.85. The number of rotatable bonds is 2. The fourth-order valence-electron chi connectivity index (χ4n) is 1.25.